The Hall–Kier alpha value is -1.94. The summed E-state index contributed by atoms with van der Waals surface area (Å²) in [4.78, 5) is 72.6. The molecule has 0 bridgehead atoms. The standard InChI is InChI=1S/C74H144O17P2/c1-8-9-10-11-12-25-34-41-48-55-71(76)84-62-70(91-74(79)58-51-44-37-30-33-40-47-54-67(6)7)64-89-93(82,83)87-60-68(75)59-86-92(80,81)88-63-69(61-85-72(77)56-49-42-35-28-23-20-19-22-27-32-39-46-53-66(4)5)90-73(78)57-50-43-36-29-24-18-16-14-13-15-17-21-26-31-38-45-52-65(2)3/h65-70,75H,8-64H2,1-7H3,(H,80,81)(H,82,83)/t68-,69-,70-/m1/s1. The lowest BCUT2D eigenvalue weighted by molar-refractivity contribution is -0.161. The third-order valence-corrected chi connectivity index (χ3v) is 19.0. The van der Waals surface area contributed by atoms with Gasteiger partial charge >= 0.3 is 39.5 Å². The molecule has 93 heavy (non-hydrogen) atoms. The zero-order valence-corrected chi connectivity index (χ0v) is 62.5. The average Bonchev–Trinajstić information content (AvgIpc) is 3.59. The molecular formula is C74H144O17P2. The minimum absolute atomic E-state index is 0.103. The van der Waals surface area contributed by atoms with Crippen molar-refractivity contribution in [1.29, 1.82) is 0 Å². The third kappa shape index (κ3) is 68.4. The van der Waals surface area contributed by atoms with Gasteiger partial charge in [-0.3, -0.25) is 37.3 Å². The first-order valence-corrected chi connectivity index (χ1v) is 41.3. The monoisotopic (exact) mass is 1370 g/mol. The van der Waals surface area contributed by atoms with Gasteiger partial charge < -0.3 is 33.8 Å². The van der Waals surface area contributed by atoms with E-state index in [-0.39, 0.29) is 25.7 Å². The topological polar surface area (TPSA) is 237 Å². The molecule has 0 aromatic heterocycles. The quantitative estimate of drug-likeness (QED) is 0.0222. The Labute approximate surface area is 568 Å². The van der Waals surface area contributed by atoms with E-state index in [0.717, 1.165) is 102 Å². The lowest BCUT2D eigenvalue weighted by atomic mass is 10.0. The summed E-state index contributed by atoms with van der Waals surface area (Å²) in [7, 11) is -9.90. The van der Waals surface area contributed by atoms with Gasteiger partial charge in [0.05, 0.1) is 26.4 Å². The predicted octanol–water partition coefficient (Wildman–Crippen LogP) is 21.4. The maximum absolute atomic E-state index is 13.1. The first kappa shape index (κ1) is 91.1. The number of aliphatic hydroxyl groups excluding tert-OH is 1. The number of esters is 4. The van der Waals surface area contributed by atoms with Gasteiger partial charge in [-0.1, -0.05) is 325 Å². The van der Waals surface area contributed by atoms with Crippen molar-refractivity contribution < 1.29 is 80.2 Å². The van der Waals surface area contributed by atoms with E-state index in [0.29, 0.717) is 31.6 Å². The van der Waals surface area contributed by atoms with Crippen molar-refractivity contribution in [3.63, 3.8) is 0 Å². The molecular weight excluding hydrogens is 1220 g/mol. The molecule has 3 N–H and O–H groups in total. The van der Waals surface area contributed by atoms with Gasteiger partial charge in [-0.2, -0.15) is 0 Å². The number of aliphatic hydroxyl groups is 1. The maximum Gasteiger partial charge on any atom is 0.472 e. The van der Waals surface area contributed by atoms with Crippen molar-refractivity contribution in [3.05, 3.63) is 0 Å². The Morgan fingerprint density at radius 1 is 0.290 bits per heavy atom. The Morgan fingerprint density at radius 2 is 0.495 bits per heavy atom. The summed E-state index contributed by atoms with van der Waals surface area (Å²) in [5.41, 5.74) is 0. The summed E-state index contributed by atoms with van der Waals surface area (Å²) >= 11 is 0. The van der Waals surface area contributed by atoms with E-state index in [1.165, 1.54) is 186 Å². The third-order valence-electron chi connectivity index (χ3n) is 17.1. The van der Waals surface area contributed by atoms with Crippen molar-refractivity contribution in [2.24, 2.45) is 17.8 Å². The van der Waals surface area contributed by atoms with Crippen molar-refractivity contribution in [2.45, 2.75) is 394 Å². The Balaban J connectivity index is 5.21. The summed E-state index contributed by atoms with van der Waals surface area (Å²) in [5.74, 6) is 0.163. The number of ether oxygens (including phenoxy) is 4. The molecule has 17 nitrogen and oxygen atoms in total. The maximum atomic E-state index is 13.1. The van der Waals surface area contributed by atoms with Crippen molar-refractivity contribution in [3.8, 4) is 0 Å². The van der Waals surface area contributed by atoms with Gasteiger partial charge in [-0.15, -0.1) is 0 Å². The molecule has 0 amide bonds. The molecule has 0 aromatic carbocycles. The molecule has 552 valence electrons. The summed E-state index contributed by atoms with van der Waals surface area (Å²) in [5, 5.41) is 10.6. The number of rotatable bonds is 72. The van der Waals surface area contributed by atoms with Gasteiger partial charge in [0.2, 0.25) is 0 Å². The first-order chi connectivity index (χ1) is 44.7. The van der Waals surface area contributed by atoms with Crippen molar-refractivity contribution in [1.82, 2.24) is 0 Å². The van der Waals surface area contributed by atoms with E-state index in [1.807, 2.05) is 0 Å². The molecule has 0 fully saturated rings. The highest BCUT2D eigenvalue weighted by molar-refractivity contribution is 7.47. The molecule has 0 spiro atoms. The lowest BCUT2D eigenvalue weighted by Crippen LogP contribution is -2.30. The molecule has 0 saturated heterocycles. The molecule has 5 atom stereocenters. The molecule has 0 saturated carbocycles. The SMILES string of the molecule is CCCCCCCCCCCC(=O)OC[C@H](COP(=O)(O)OC[C@H](O)COP(=O)(O)OC[C@@H](COC(=O)CCCCCCCCCCCCCCC(C)C)OC(=O)CCCCCCCCCCCCCCCCCCC(C)C)OC(=O)CCCCCCCCCC(C)C. The number of carbonyl (C=O) groups excluding carboxylic acids is 4. The van der Waals surface area contributed by atoms with E-state index in [1.54, 1.807) is 0 Å². The number of carbonyl (C=O) groups is 4. The fourth-order valence-corrected chi connectivity index (χ4v) is 12.8. The number of hydrogen-bond donors (Lipinski definition) is 3. The van der Waals surface area contributed by atoms with Gasteiger partial charge in [0.1, 0.15) is 19.3 Å². The zero-order valence-electron chi connectivity index (χ0n) is 60.7. The summed E-state index contributed by atoms with van der Waals surface area (Å²) in [6.07, 6.45) is 50.1. The zero-order chi connectivity index (χ0) is 68.7. The number of phosphoric acid groups is 2. The van der Waals surface area contributed by atoms with Crippen LogP contribution in [0.15, 0.2) is 0 Å². The van der Waals surface area contributed by atoms with Gasteiger partial charge in [0, 0.05) is 25.7 Å². The summed E-state index contributed by atoms with van der Waals surface area (Å²) in [6.45, 7) is 11.8. The van der Waals surface area contributed by atoms with E-state index < -0.39 is 97.5 Å². The average molecular weight is 1370 g/mol. The van der Waals surface area contributed by atoms with E-state index >= 15 is 0 Å². The van der Waals surface area contributed by atoms with Crippen LogP contribution in [-0.2, 0) is 65.4 Å². The fraction of sp³-hybridized carbons (Fsp3) is 0.946. The Kier molecular flexibility index (Phi) is 63.4. The van der Waals surface area contributed by atoms with Gasteiger partial charge in [0.25, 0.3) is 0 Å². The van der Waals surface area contributed by atoms with Gasteiger partial charge in [0.15, 0.2) is 12.2 Å². The number of unbranched alkanes of at least 4 members (excludes halogenated alkanes) is 40. The van der Waals surface area contributed by atoms with Crippen LogP contribution in [0.1, 0.15) is 376 Å². The fourth-order valence-electron chi connectivity index (χ4n) is 11.2. The van der Waals surface area contributed by atoms with Crippen LogP contribution in [0.3, 0.4) is 0 Å². The minimum atomic E-state index is -4.96. The molecule has 0 aliphatic heterocycles. The summed E-state index contributed by atoms with van der Waals surface area (Å²) < 4.78 is 68.4. The highest BCUT2D eigenvalue weighted by atomic mass is 31.2. The Morgan fingerprint density at radius 3 is 0.731 bits per heavy atom. The van der Waals surface area contributed by atoms with Crippen LogP contribution in [0.4, 0.5) is 0 Å². The highest BCUT2D eigenvalue weighted by Gasteiger charge is 2.30. The molecule has 0 aliphatic carbocycles. The largest absolute Gasteiger partial charge is 0.472 e. The van der Waals surface area contributed by atoms with Crippen LogP contribution in [0.2, 0.25) is 0 Å². The molecule has 0 radical (unpaired) electrons. The normalized spacial score (nSPS) is 14.1. The van der Waals surface area contributed by atoms with Crippen LogP contribution in [0.5, 0.6) is 0 Å². The predicted molar refractivity (Wildman–Crippen MR) is 377 cm³/mol. The second-order valence-corrected chi connectivity index (χ2v) is 31.0. The van der Waals surface area contributed by atoms with E-state index in [9.17, 15) is 43.2 Å². The second-order valence-electron chi connectivity index (χ2n) is 28.1. The van der Waals surface area contributed by atoms with Crippen molar-refractivity contribution >= 4 is 39.5 Å². The molecule has 19 heteroatoms. The second kappa shape index (κ2) is 64.7. The highest BCUT2D eigenvalue weighted by Crippen LogP contribution is 2.45. The van der Waals surface area contributed by atoms with Crippen LogP contribution in [0.25, 0.3) is 0 Å². The molecule has 0 rings (SSSR count). The van der Waals surface area contributed by atoms with E-state index in [4.69, 9.17) is 37.0 Å². The first-order valence-electron chi connectivity index (χ1n) is 38.3. The number of hydrogen-bond acceptors (Lipinski definition) is 15. The lowest BCUT2D eigenvalue weighted by Gasteiger charge is -2.21. The molecule has 0 heterocycles. The molecule has 0 aliphatic rings. The van der Waals surface area contributed by atoms with Crippen LogP contribution in [0, 0.1) is 17.8 Å². The van der Waals surface area contributed by atoms with E-state index in [2.05, 4.69) is 48.5 Å². The molecule has 0 aromatic rings. The minimum Gasteiger partial charge on any atom is -0.462 e. The van der Waals surface area contributed by atoms with Crippen LogP contribution in [-0.4, -0.2) is 96.7 Å². The molecule has 2 unspecified atom stereocenters. The van der Waals surface area contributed by atoms with Crippen LogP contribution < -0.4 is 0 Å². The van der Waals surface area contributed by atoms with Gasteiger partial charge in [-0.05, 0) is 43.4 Å². The van der Waals surface area contributed by atoms with Gasteiger partial charge in [-0.25, -0.2) is 9.13 Å². The number of phosphoric ester groups is 2. The Bertz CT molecular complexity index is 1820. The smallest absolute Gasteiger partial charge is 0.462 e. The van der Waals surface area contributed by atoms with Crippen molar-refractivity contribution in [2.75, 3.05) is 39.6 Å². The summed E-state index contributed by atoms with van der Waals surface area (Å²) in [6, 6.07) is 0. The van der Waals surface area contributed by atoms with Crippen LogP contribution >= 0.6 is 15.6 Å².